The molecule has 0 saturated carbocycles. The number of halogens is 1. The zero-order valence-electron chi connectivity index (χ0n) is 7.28. The van der Waals surface area contributed by atoms with Gasteiger partial charge in [-0.05, 0) is 36.3 Å². The smallest absolute Gasteiger partial charge is 0.123 e. The maximum absolute atomic E-state index is 12.5. The summed E-state index contributed by atoms with van der Waals surface area (Å²) in [5.74, 6) is 0.489. The third kappa shape index (κ3) is 3.36. The molecular formula is C10H13FOS. The molecule has 1 N–H and O–H groups in total. The van der Waals surface area contributed by atoms with E-state index < -0.39 is 6.10 Å². The summed E-state index contributed by atoms with van der Waals surface area (Å²) in [5, 5.41) is 9.59. The van der Waals surface area contributed by atoms with Crippen LogP contribution in [0.5, 0.6) is 0 Å². The summed E-state index contributed by atoms with van der Waals surface area (Å²) in [6.07, 6.45) is 1.05. The SMILES string of the molecule is O[C@@H](CCCS)c1ccc(F)cc1. The summed E-state index contributed by atoms with van der Waals surface area (Å²) in [6, 6.07) is 5.94. The van der Waals surface area contributed by atoms with E-state index in [1.54, 1.807) is 12.1 Å². The Morgan fingerprint density at radius 3 is 2.46 bits per heavy atom. The van der Waals surface area contributed by atoms with Gasteiger partial charge in [-0.25, -0.2) is 4.39 Å². The summed E-state index contributed by atoms with van der Waals surface area (Å²) in [5.41, 5.74) is 0.767. The first-order valence-corrected chi connectivity index (χ1v) is 4.91. The van der Waals surface area contributed by atoms with Gasteiger partial charge >= 0.3 is 0 Å². The van der Waals surface area contributed by atoms with Gasteiger partial charge in [0.05, 0.1) is 6.10 Å². The lowest BCUT2D eigenvalue weighted by molar-refractivity contribution is 0.167. The number of hydrogen-bond acceptors (Lipinski definition) is 2. The second-order valence-electron chi connectivity index (χ2n) is 2.93. The number of thiol groups is 1. The lowest BCUT2D eigenvalue weighted by atomic mass is 10.1. The third-order valence-electron chi connectivity index (χ3n) is 1.89. The third-order valence-corrected chi connectivity index (χ3v) is 2.21. The van der Waals surface area contributed by atoms with Crippen LogP contribution in [0.15, 0.2) is 24.3 Å². The van der Waals surface area contributed by atoms with Gasteiger partial charge in [0.15, 0.2) is 0 Å². The van der Waals surface area contributed by atoms with Gasteiger partial charge < -0.3 is 5.11 Å². The molecule has 0 radical (unpaired) electrons. The van der Waals surface area contributed by atoms with Crippen molar-refractivity contribution in [1.29, 1.82) is 0 Å². The van der Waals surface area contributed by atoms with E-state index in [0.717, 1.165) is 17.7 Å². The molecule has 72 valence electrons. The normalized spacial score (nSPS) is 12.8. The fourth-order valence-corrected chi connectivity index (χ4v) is 1.32. The van der Waals surface area contributed by atoms with Crippen LogP contribution < -0.4 is 0 Å². The van der Waals surface area contributed by atoms with E-state index in [-0.39, 0.29) is 5.82 Å². The van der Waals surface area contributed by atoms with E-state index in [1.807, 2.05) is 0 Å². The van der Waals surface area contributed by atoms with Gasteiger partial charge in [0, 0.05) is 0 Å². The summed E-state index contributed by atoms with van der Waals surface area (Å²) < 4.78 is 12.5. The minimum Gasteiger partial charge on any atom is -0.388 e. The Hall–Kier alpha value is -0.540. The van der Waals surface area contributed by atoms with Crippen molar-refractivity contribution in [3.8, 4) is 0 Å². The van der Waals surface area contributed by atoms with Crippen molar-refractivity contribution in [3.63, 3.8) is 0 Å². The van der Waals surface area contributed by atoms with E-state index >= 15 is 0 Å². The van der Waals surface area contributed by atoms with Gasteiger partial charge in [0.1, 0.15) is 5.82 Å². The molecule has 0 unspecified atom stereocenters. The first kappa shape index (κ1) is 10.5. The van der Waals surface area contributed by atoms with Crippen molar-refractivity contribution in [1.82, 2.24) is 0 Å². The van der Waals surface area contributed by atoms with Gasteiger partial charge in [0.25, 0.3) is 0 Å². The molecule has 1 aromatic carbocycles. The Kier molecular flexibility index (Phi) is 4.25. The summed E-state index contributed by atoms with van der Waals surface area (Å²) in [7, 11) is 0. The Bertz CT molecular complexity index is 248. The van der Waals surface area contributed by atoms with Crippen LogP contribution in [0.1, 0.15) is 24.5 Å². The van der Waals surface area contributed by atoms with Crippen LogP contribution in [0.4, 0.5) is 4.39 Å². The highest BCUT2D eigenvalue weighted by Gasteiger charge is 2.05. The summed E-state index contributed by atoms with van der Waals surface area (Å²) in [6.45, 7) is 0. The Balaban J connectivity index is 2.55. The molecule has 1 nitrogen and oxygen atoms in total. The number of aliphatic hydroxyl groups is 1. The van der Waals surface area contributed by atoms with Crippen molar-refractivity contribution in [3.05, 3.63) is 35.6 Å². The number of rotatable bonds is 4. The fraction of sp³-hybridized carbons (Fsp3) is 0.400. The molecule has 0 aliphatic rings. The maximum atomic E-state index is 12.5. The van der Waals surface area contributed by atoms with Gasteiger partial charge in [0.2, 0.25) is 0 Å². The number of benzene rings is 1. The lowest BCUT2D eigenvalue weighted by Gasteiger charge is -2.09. The van der Waals surface area contributed by atoms with Crippen molar-refractivity contribution >= 4 is 12.6 Å². The molecule has 3 heteroatoms. The monoisotopic (exact) mass is 200 g/mol. The molecule has 0 aromatic heterocycles. The van der Waals surface area contributed by atoms with E-state index in [0.29, 0.717) is 6.42 Å². The highest BCUT2D eigenvalue weighted by Crippen LogP contribution is 2.18. The van der Waals surface area contributed by atoms with E-state index in [2.05, 4.69) is 12.6 Å². The van der Waals surface area contributed by atoms with Crippen LogP contribution in [-0.4, -0.2) is 10.9 Å². The molecule has 0 aliphatic carbocycles. The molecule has 1 rings (SSSR count). The predicted octanol–water partition coefficient (Wildman–Crippen LogP) is 2.57. The van der Waals surface area contributed by atoms with Crippen molar-refractivity contribution in [2.75, 3.05) is 5.75 Å². The summed E-state index contributed by atoms with van der Waals surface area (Å²) >= 11 is 4.05. The van der Waals surface area contributed by atoms with Crippen molar-refractivity contribution in [2.24, 2.45) is 0 Å². The zero-order chi connectivity index (χ0) is 9.68. The molecule has 1 aromatic rings. The fourth-order valence-electron chi connectivity index (χ4n) is 1.14. The van der Waals surface area contributed by atoms with E-state index in [1.165, 1.54) is 12.1 Å². The van der Waals surface area contributed by atoms with E-state index in [9.17, 15) is 9.50 Å². The standard InChI is InChI=1S/C10H13FOS/c11-9-5-3-8(4-6-9)10(12)2-1-7-13/h3-6,10,12-13H,1-2,7H2/t10-/m0/s1. The van der Waals surface area contributed by atoms with Crippen molar-refractivity contribution in [2.45, 2.75) is 18.9 Å². The van der Waals surface area contributed by atoms with Crippen LogP contribution in [0.2, 0.25) is 0 Å². The molecule has 0 saturated heterocycles. The highest BCUT2D eigenvalue weighted by atomic mass is 32.1. The molecule has 0 fully saturated rings. The minimum absolute atomic E-state index is 0.273. The highest BCUT2D eigenvalue weighted by molar-refractivity contribution is 7.80. The van der Waals surface area contributed by atoms with Crippen LogP contribution >= 0.6 is 12.6 Å². The van der Waals surface area contributed by atoms with Crippen LogP contribution in [0.25, 0.3) is 0 Å². The summed E-state index contributed by atoms with van der Waals surface area (Å²) in [4.78, 5) is 0. The molecule has 0 aliphatic heterocycles. The second-order valence-corrected chi connectivity index (χ2v) is 3.38. The Labute approximate surface area is 83.0 Å². The zero-order valence-corrected chi connectivity index (χ0v) is 8.17. The molecule has 0 bridgehead atoms. The van der Waals surface area contributed by atoms with E-state index in [4.69, 9.17) is 0 Å². The quantitative estimate of drug-likeness (QED) is 0.716. The maximum Gasteiger partial charge on any atom is 0.123 e. The molecule has 0 spiro atoms. The topological polar surface area (TPSA) is 20.2 Å². The van der Waals surface area contributed by atoms with Crippen molar-refractivity contribution < 1.29 is 9.50 Å². The average molecular weight is 200 g/mol. The largest absolute Gasteiger partial charge is 0.388 e. The first-order valence-electron chi connectivity index (χ1n) is 4.28. The molecule has 13 heavy (non-hydrogen) atoms. The average Bonchev–Trinajstić information content (AvgIpc) is 2.15. The van der Waals surface area contributed by atoms with Gasteiger partial charge in [-0.2, -0.15) is 12.6 Å². The molecular weight excluding hydrogens is 187 g/mol. The van der Waals surface area contributed by atoms with Crippen LogP contribution in [-0.2, 0) is 0 Å². The Morgan fingerprint density at radius 2 is 1.92 bits per heavy atom. The molecule has 1 atom stereocenters. The number of aliphatic hydroxyl groups excluding tert-OH is 1. The minimum atomic E-state index is -0.493. The van der Waals surface area contributed by atoms with Gasteiger partial charge in [-0.15, -0.1) is 0 Å². The molecule has 0 heterocycles. The second kappa shape index (κ2) is 5.25. The number of hydrogen-bond donors (Lipinski definition) is 2. The van der Waals surface area contributed by atoms with Gasteiger partial charge in [-0.1, -0.05) is 12.1 Å². The predicted molar refractivity (Wildman–Crippen MR) is 54.4 cm³/mol. The lowest BCUT2D eigenvalue weighted by Crippen LogP contribution is -1.97. The van der Waals surface area contributed by atoms with Crippen LogP contribution in [0.3, 0.4) is 0 Å². The van der Waals surface area contributed by atoms with Gasteiger partial charge in [-0.3, -0.25) is 0 Å². The first-order chi connectivity index (χ1) is 6.24. The molecule has 0 amide bonds. The van der Waals surface area contributed by atoms with Crippen LogP contribution in [0, 0.1) is 5.82 Å². The Morgan fingerprint density at radius 1 is 1.31 bits per heavy atom.